The van der Waals surface area contributed by atoms with Gasteiger partial charge in [-0.15, -0.1) is 0 Å². The minimum Gasteiger partial charge on any atom is -0.396 e. The molecule has 1 heterocycles. The topological polar surface area (TPSA) is 45.4 Å². The molecule has 1 aromatic carbocycles. The fourth-order valence-corrected chi connectivity index (χ4v) is 2.24. The summed E-state index contributed by atoms with van der Waals surface area (Å²) in [7, 11) is 1.99. The van der Waals surface area contributed by atoms with E-state index in [9.17, 15) is 5.11 Å². The van der Waals surface area contributed by atoms with Gasteiger partial charge in [-0.2, -0.15) is 0 Å². The van der Waals surface area contributed by atoms with Gasteiger partial charge in [-0.1, -0.05) is 18.2 Å². The summed E-state index contributed by atoms with van der Waals surface area (Å²) in [5, 5.41) is 20.0. The minimum atomic E-state index is -0.437. The number of para-hydroxylation sites is 1. The molecule has 1 aromatic heterocycles. The van der Waals surface area contributed by atoms with Crippen LogP contribution in [0.5, 0.6) is 0 Å². The van der Waals surface area contributed by atoms with Crippen molar-refractivity contribution in [3.05, 3.63) is 36.0 Å². The van der Waals surface area contributed by atoms with Crippen LogP contribution in [-0.2, 0) is 7.05 Å². The Morgan fingerprint density at radius 2 is 2.00 bits per heavy atom. The van der Waals surface area contributed by atoms with Crippen LogP contribution < -0.4 is 0 Å². The molecule has 0 bridgehead atoms. The molecule has 0 spiro atoms. The summed E-state index contributed by atoms with van der Waals surface area (Å²) in [5.41, 5.74) is 2.13. The van der Waals surface area contributed by atoms with Crippen molar-refractivity contribution < 1.29 is 10.2 Å². The summed E-state index contributed by atoms with van der Waals surface area (Å²) in [5.74, 6) is 0. The van der Waals surface area contributed by atoms with E-state index in [2.05, 4.69) is 6.07 Å². The zero-order valence-corrected chi connectivity index (χ0v) is 10.1. The first kappa shape index (κ1) is 12.1. The smallest absolute Gasteiger partial charge is 0.0810 e. The van der Waals surface area contributed by atoms with Crippen molar-refractivity contribution in [3.63, 3.8) is 0 Å². The largest absolute Gasteiger partial charge is 0.396 e. The first-order valence-corrected chi connectivity index (χ1v) is 6.07. The molecule has 0 aliphatic rings. The van der Waals surface area contributed by atoms with Gasteiger partial charge in [0.2, 0.25) is 0 Å². The molecule has 0 aliphatic heterocycles. The Hall–Kier alpha value is -1.32. The van der Waals surface area contributed by atoms with E-state index in [1.165, 1.54) is 0 Å². The van der Waals surface area contributed by atoms with E-state index in [-0.39, 0.29) is 6.61 Å². The van der Waals surface area contributed by atoms with Gasteiger partial charge in [0.1, 0.15) is 0 Å². The molecule has 2 aromatic rings. The molecule has 2 N–H and O–H groups in total. The third kappa shape index (κ3) is 2.51. The lowest BCUT2D eigenvalue weighted by Gasteiger charge is -2.08. The fraction of sp³-hybridized carbons (Fsp3) is 0.429. The SMILES string of the molecule is Cn1cc(C(O)CCCCO)c2ccccc21. The van der Waals surface area contributed by atoms with Crippen LogP contribution in [0.2, 0.25) is 0 Å². The van der Waals surface area contributed by atoms with E-state index in [4.69, 9.17) is 5.11 Å². The Balaban J connectivity index is 2.23. The molecule has 0 aliphatic carbocycles. The van der Waals surface area contributed by atoms with E-state index in [1.54, 1.807) is 0 Å². The van der Waals surface area contributed by atoms with Crippen LogP contribution >= 0.6 is 0 Å². The van der Waals surface area contributed by atoms with Crippen LogP contribution in [0, 0.1) is 0 Å². The number of aliphatic hydroxyl groups excluding tert-OH is 2. The molecule has 0 amide bonds. The summed E-state index contributed by atoms with van der Waals surface area (Å²) < 4.78 is 2.04. The summed E-state index contributed by atoms with van der Waals surface area (Å²) in [6, 6.07) is 8.09. The van der Waals surface area contributed by atoms with Gasteiger partial charge >= 0.3 is 0 Å². The number of aliphatic hydroxyl groups is 2. The lowest BCUT2D eigenvalue weighted by molar-refractivity contribution is 0.160. The second kappa shape index (κ2) is 5.34. The van der Waals surface area contributed by atoms with Gasteiger partial charge in [0.05, 0.1) is 6.10 Å². The summed E-state index contributed by atoms with van der Waals surface area (Å²) >= 11 is 0. The molecule has 0 saturated carbocycles. The van der Waals surface area contributed by atoms with Crippen LogP contribution in [0.4, 0.5) is 0 Å². The van der Waals surface area contributed by atoms with Crippen LogP contribution in [0.15, 0.2) is 30.5 Å². The molecular weight excluding hydrogens is 214 g/mol. The number of hydrogen-bond donors (Lipinski definition) is 2. The highest BCUT2D eigenvalue weighted by atomic mass is 16.3. The molecular formula is C14H19NO2. The first-order chi connectivity index (χ1) is 8.24. The maximum Gasteiger partial charge on any atom is 0.0810 e. The summed E-state index contributed by atoms with van der Waals surface area (Å²) in [6.45, 7) is 0.197. The highest BCUT2D eigenvalue weighted by Gasteiger charge is 2.13. The van der Waals surface area contributed by atoms with E-state index < -0.39 is 6.10 Å². The van der Waals surface area contributed by atoms with Crippen molar-refractivity contribution in [3.8, 4) is 0 Å². The van der Waals surface area contributed by atoms with Crippen molar-refractivity contribution in [2.24, 2.45) is 7.05 Å². The Kier molecular flexibility index (Phi) is 3.82. The van der Waals surface area contributed by atoms with Crippen molar-refractivity contribution in [2.75, 3.05) is 6.61 Å². The lowest BCUT2D eigenvalue weighted by Crippen LogP contribution is -1.97. The predicted molar refractivity (Wildman–Crippen MR) is 68.8 cm³/mol. The van der Waals surface area contributed by atoms with Gasteiger partial charge in [0.25, 0.3) is 0 Å². The maximum absolute atomic E-state index is 10.2. The molecule has 3 heteroatoms. The van der Waals surface area contributed by atoms with Crippen LogP contribution in [0.3, 0.4) is 0 Å². The molecule has 92 valence electrons. The zero-order chi connectivity index (χ0) is 12.3. The molecule has 0 radical (unpaired) electrons. The summed E-state index contributed by atoms with van der Waals surface area (Å²) in [6.07, 6.45) is 3.86. The van der Waals surface area contributed by atoms with Gasteiger partial charge in [-0.25, -0.2) is 0 Å². The number of fused-ring (bicyclic) bond motifs is 1. The normalized spacial score (nSPS) is 13.1. The van der Waals surface area contributed by atoms with Crippen LogP contribution in [-0.4, -0.2) is 21.4 Å². The van der Waals surface area contributed by atoms with Crippen molar-refractivity contribution in [2.45, 2.75) is 25.4 Å². The van der Waals surface area contributed by atoms with Gasteiger partial charge in [0.15, 0.2) is 0 Å². The maximum atomic E-state index is 10.2. The van der Waals surface area contributed by atoms with Crippen molar-refractivity contribution >= 4 is 10.9 Å². The summed E-state index contributed by atoms with van der Waals surface area (Å²) in [4.78, 5) is 0. The first-order valence-electron chi connectivity index (χ1n) is 6.07. The zero-order valence-electron chi connectivity index (χ0n) is 10.1. The predicted octanol–water partition coefficient (Wildman–Crippen LogP) is 2.37. The van der Waals surface area contributed by atoms with Gasteiger partial charge in [0, 0.05) is 36.3 Å². The fourth-order valence-electron chi connectivity index (χ4n) is 2.24. The van der Waals surface area contributed by atoms with Crippen molar-refractivity contribution in [1.82, 2.24) is 4.57 Å². The molecule has 2 rings (SSSR count). The number of nitrogens with zero attached hydrogens (tertiary/aromatic N) is 1. The lowest BCUT2D eigenvalue weighted by atomic mass is 10.0. The van der Waals surface area contributed by atoms with Crippen LogP contribution in [0.1, 0.15) is 30.9 Å². The van der Waals surface area contributed by atoms with E-state index >= 15 is 0 Å². The number of rotatable bonds is 5. The molecule has 3 nitrogen and oxygen atoms in total. The monoisotopic (exact) mass is 233 g/mol. The molecule has 0 fully saturated rings. The quantitative estimate of drug-likeness (QED) is 0.779. The highest BCUT2D eigenvalue weighted by molar-refractivity contribution is 5.84. The average Bonchev–Trinajstić information content (AvgIpc) is 2.68. The standard InChI is InChI=1S/C14H19NO2/c1-15-10-12(14(17)8-4-5-9-16)11-6-2-3-7-13(11)15/h2-3,6-7,10,14,16-17H,4-5,8-9H2,1H3. The number of hydrogen-bond acceptors (Lipinski definition) is 2. The van der Waals surface area contributed by atoms with Crippen LogP contribution in [0.25, 0.3) is 10.9 Å². The third-order valence-corrected chi connectivity index (χ3v) is 3.17. The number of aryl methyl sites for hydroxylation is 1. The van der Waals surface area contributed by atoms with Gasteiger partial charge < -0.3 is 14.8 Å². The van der Waals surface area contributed by atoms with E-state index in [1.807, 2.05) is 36.0 Å². The molecule has 1 unspecified atom stereocenters. The third-order valence-electron chi connectivity index (χ3n) is 3.17. The van der Waals surface area contributed by atoms with Gasteiger partial charge in [-0.05, 0) is 25.3 Å². The Morgan fingerprint density at radius 3 is 2.76 bits per heavy atom. The molecule has 1 atom stereocenters. The van der Waals surface area contributed by atoms with Gasteiger partial charge in [-0.3, -0.25) is 0 Å². The van der Waals surface area contributed by atoms with Crippen molar-refractivity contribution in [1.29, 1.82) is 0 Å². The second-order valence-corrected chi connectivity index (χ2v) is 4.45. The second-order valence-electron chi connectivity index (χ2n) is 4.45. The molecule has 0 saturated heterocycles. The Labute approximate surface area is 101 Å². The Morgan fingerprint density at radius 1 is 1.24 bits per heavy atom. The van der Waals surface area contributed by atoms with E-state index in [0.717, 1.165) is 29.3 Å². The number of aromatic nitrogens is 1. The minimum absolute atomic E-state index is 0.197. The van der Waals surface area contributed by atoms with E-state index in [0.29, 0.717) is 6.42 Å². The molecule has 17 heavy (non-hydrogen) atoms. The number of benzene rings is 1. The Bertz CT molecular complexity index is 490. The average molecular weight is 233 g/mol. The highest BCUT2D eigenvalue weighted by Crippen LogP contribution is 2.28. The number of unbranched alkanes of at least 4 members (excludes halogenated alkanes) is 1.